The highest BCUT2D eigenvalue weighted by Gasteiger charge is 2.18. The summed E-state index contributed by atoms with van der Waals surface area (Å²) in [6.07, 6.45) is 0.981. The highest BCUT2D eigenvalue weighted by atomic mass is 15.1. The predicted octanol–water partition coefficient (Wildman–Crippen LogP) is 1.37. The molecule has 0 spiro atoms. The number of rotatable bonds is 1. The first-order valence-corrected chi connectivity index (χ1v) is 4.03. The van der Waals surface area contributed by atoms with Crippen molar-refractivity contribution in [2.45, 2.75) is 20.3 Å². The summed E-state index contributed by atoms with van der Waals surface area (Å²) in [5.74, 6) is 0.494. The predicted molar refractivity (Wildman–Crippen MR) is 43.6 cm³/mol. The summed E-state index contributed by atoms with van der Waals surface area (Å²) in [5.41, 5.74) is 0.935. The number of nitrogens with zero attached hydrogens (tertiary/aromatic N) is 1. The Hall–Kier alpha value is -0.370. The molecule has 0 aliphatic carbocycles. The first kappa shape index (κ1) is 7.73. The van der Waals surface area contributed by atoms with Gasteiger partial charge in [0, 0.05) is 24.7 Å². The normalized spacial score (nSPS) is 29.0. The molecule has 1 rings (SSSR count). The van der Waals surface area contributed by atoms with Crippen LogP contribution >= 0.6 is 0 Å². The Morgan fingerprint density at radius 3 is 2.90 bits per heavy atom. The fourth-order valence-corrected chi connectivity index (χ4v) is 1.40. The minimum absolute atomic E-state index is 0.494. The van der Waals surface area contributed by atoms with Crippen LogP contribution in [0.2, 0.25) is 0 Å². The van der Waals surface area contributed by atoms with E-state index in [0.29, 0.717) is 5.92 Å². The van der Waals surface area contributed by atoms with Gasteiger partial charge in [-0.05, 0) is 13.0 Å². The van der Waals surface area contributed by atoms with Gasteiger partial charge in [0.2, 0.25) is 0 Å². The number of hydrogen-bond acceptors (Lipinski definition) is 2. The maximum absolute atomic E-state index is 7.53. The van der Waals surface area contributed by atoms with E-state index in [4.69, 9.17) is 5.41 Å². The second-order valence-electron chi connectivity index (χ2n) is 3.07. The second kappa shape index (κ2) is 3.15. The van der Waals surface area contributed by atoms with Gasteiger partial charge in [0.25, 0.3) is 0 Å². The minimum Gasteiger partial charge on any atom is -0.309 e. The fourth-order valence-electron chi connectivity index (χ4n) is 1.40. The van der Waals surface area contributed by atoms with Gasteiger partial charge in [-0.1, -0.05) is 13.8 Å². The van der Waals surface area contributed by atoms with Crippen molar-refractivity contribution in [3.8, 4) is 0 Å². The zero-order valence-corrected chi connectivity index (χ0v) is 6.85. The molecule has 1 fully saturated rings. The first-order chi connectivity index (χ1) is 4.74. The van der Waals surface area contributed by atoms with E-state index in [1.807, 2.05) is 0 Å². The molecule has 1 atom stereocenters. The summed E-state index contributed by atoms with van der Waals surface area (Å²) in [7, 11) is 0. The lowest BCUT2D eigenvalue weighted by Gasteiger charge is -2.30. The Labute approximate surface area is 62.7 Å². The Morgan fingerprint density at radius 2 is 2.40 bits per heavy atom. The smallest absolute Gasteiger partial charge is 0.0143 e. The third-order valence-corrected chi connectivity index (χ3v) is 2.27. The van der Waals surface area contributed by atoms with E-state index in [1.54, 1.807) is 0 Å². The average molecular weight is 140 g/mol. The van der Waals surface area contributed by atoms with Crippen molar-refractivity contribution in [1.29, 1.82) is 5.41 Å². The maximum Gasteiger partial charge on any atom is 0.0143 e. The van der Waals surface area contributed by atoms with Crippen molar-refractivity contribution >= 4 is 5.71 Å². The van der Waals surface area contributed by atoms with E-state index in [9.17, 15) is 0 Å². The molecule has 0 aromatic carbocycles. The largest absolute Gasteiger partial charge is 0.309 e. The number of hydrogen-bond donors (Lipinski definition) is 1. The van der Waals surface area contributed by atoms with Gasteiger partial charge in [-0.15, -0.1) is 0 Å². The van der Waals surface area contributed by atoms with E-state index >= 15 is 0 Å². The zero-order chi connectivity index (χ0) is 7.56. The van der Waals surface area contributed by atoms with E-state index in [1.165, 1.54) is 0 Å². The molecule has 0 bridgehead atoms. The van der Waals surface area contributed by atoms with Crippen LogP contribution in [-0.4, -0.2) is 30.2 Å². The summed E-state index contributed by atoms with van der Waals surface area (Å²) >= 11 is 0. The van der Waals surface area contributed by atoms with Crippen molar-refractivity contribution < 1.29 is 0 Å². The molecule has 2 heteroatoms. The van der Waals surface area contributed by atoms with Crippen LogP contribution in [0.15, 0.2) is 0 Å². The molecule has 0 aromatic rings. The molecule has 10 heavy (non-hydrogen) atoms. The van der Waals surface area contributed by atoms with Crippen LogP contribution in [-0.2, 0) is 0 Å². The van der Waals surface area contributed by atoms with Crippen molar-refractivity contribution in [3.63, 3.8) is 0 Å². The quantitative estimate of drug-likeness (QED) is 0.585. The van der Waals surface area contributed by atoms with Gasteiger partial charge in [-0.3, -0.25) is 0 Å². The summed E-state index contributed by atoms with van der Waals surface area (Å²) < 4.78 is 0. The number of nitrogens with one attached hydrogen (secondary N) is 1. The van der Waals surface area contributed by atoms with E-state index in [2.05, 4.69) is 18.7 Å². The Balaban J connectivity index is 2.40. The highest BCUT2D eigenvalue weighted by molar-refractivity contribution is 5.84. The lowest BCUT2D eigenvalue weighted by Crippen LogP contribution is -2.38. The third kappa shape index (κ3) is 1.57. The SMILES string of the molecule is CCN1CCC(=N)C(C)C1. The maximum atomic E-state index is 7.53. The molecular weight excluding hydrogens is 124 g/mol. The lowest BCUT2D eigenvalue weighted by molar-refractivity contribution is 0.258. The zero-order valence-electron chi connectivity index (χ0n) is 6.85. The molecule has 1 aliphatic rings. The molecule has 1 N–H and O–H groups in total. The van der Waals surface area contributed by atoms with E-state index in [-0.39, 0.29) is 0 Å². The summed E-state index contributed by atoms with van der Waals surface area (Å²) in [5, 5.41) is 7.53. The van der Waals surface area contributed by atoms with Gasteiger partial charge in [0.05, 0.1) is 0 Å². The van der Waals surface area contributed by atoms with Gasteiger partial charge in [-0.25, -0.2) is 0 Å². The van der Waals surface area contributed by atoms with Crippen LogP contribution in [0.5, 0.6) is 0 Å². The van der Waals surface area contributed by atoms with Crippen LogP contribution in [0, 0.1) is 11.3 Å². The van der Waals surface area contributed by atoms with Gasteiger partial charge < -0.3 is 10.3 Å². The molecule has 2 nitrogen and oxygen atoms in total. The molecule has 1 heterocycles. The lowest BCUT2D eigenvalue weighted by atomic mass is 9.98. The summed E-state index contributed by atoms with van der Waals surface area (Å²) in [4.78, 5) is 2.41. The minimum atomic E-state index is 0.494. The molecule has 0 radical (unpaired) electrons. The number of likely N-dealkylation sites (tertiary alicyclic amines) is 1. The molecule has 0 amide bonds. The second-order valence-corrected chi connectivity index (χ2v) is 3.07. The molecule has 58 valence electrons. The monoisotopic (exact) mass is 140 g/mol. The van der Waals surface area contributed by atoms with Gasteiger partial charge in [0.1, 0.15) is 0 Å². The summed E-state index contributed by atoms with van der Waals surface area (Å²) in [6.45, 7) is 7.65. The third-order valence-electron chi connectivity index (χ3n) is 2.27. The molecule has 0 aromatic heterocycles. The van der Waals surface area contributed by atoms with E-state index in [0.717, 1.165) is 31.8 Å². The Bertz CT molecular complexity index is 131. The van der Waals surface area contributed by atoms with Gasteiger partial charge in [-0.2, -0.15) is 0 Å². The van der Waals surface area contributed by atoms with Crippen LogP contribution in [0.4, 0.5) is 0 Å². The van der Waals surface area contributed by atoms with E-state index < -0.39 is 0 Å². The van der Waals surface area contributed by atoms with Gasteiger partial charge >= 0.3 is 0 Å². The molecule has 1 aliphatic heterocycles. The average Bonchev–Trinajstić information content (AvgIpc) is 1.95. The number of piperidine rings is 1. The summed E-state index contributed by atoms with van der Waals surface area (Å²) in [6, 6.07) is 0. The highest BCUT2D eigenvalue weighted by Crippen LogP contribution is 2.11. The van der Waals surface area contributed by atoms with Crippen molar-refractivity contribution in [2.24, 2.45) is 5.92 Å². The van der Waals surface area contributed by atoms with Crippen LogP contribution in [0.3, 0.4) is 0 Å². The molecule has 0 saturated carbocycles. The van der Waals surface area contributed by atoms with Gasteiger partial charge in [0.15, 0.2) is 0 Å². The topological polar surface area (TPSA) is 27.1 Å². The molecule has 1 unspecified atom stereocenters. The Morgan fingerprint density at radius 1 is 1.70 bits per heavy atom. The van der Waals surface area contributed by atoms with Crippen LogP contribution < -0.4 is 0 Å². The Kier molecular flexibility index (Phi) is 2.44. The molecular formula is C8H16N2. The molecule has 1 saturated heterocycles. The van der Waals surface area contributed by atoms with Crippen molar-refractivity contribution in [1.82, 2.24) is 4.90 Å². The standard InChI is InChI=1S/C8H16N2/c1-3-10-5-4-8(9)7(2)6-10/h7,9H,3-6H2,1-2H3. The van der Waals surface area contributed by atoms with Crippen LogP contribution in [0.25, 0.3) is 0 Å². The van der Waals surface area contributed by atoms with Crippen molar-refractivity contribution in [2.75, 3.05) is 19.6 Å². The van der Waals surface area contributed by atoms with Crippen LogP contribution in [0.1, 0.15) is 20.3 Å². The fraction of sp³-hybridized carbons (Fsp3) is 0.875. The van der Waals surface area contributed by atoms with Crippen molar-refractivity contribution in [3.05, 3.63) is 0 Å². The first-order valence-electron chi connectivity index (χ1n) is 4.03.